The highest BCUT2D eigenvalue weighted by Crippen LogP contribution is 2.45. The predicted molar refractivity (Wildman–Crippen MR) is 107 cm³/mol. The number of likely N-dealkylation sites (N-methyl/N-ethyl adjacent to an activating group) is 1. The number of hydrogen-bond acceptors (Lipinski definition) is 6. The lowest BCUT2D eigenvalue weighted by molar-refractivity contribution is -0.133. The van der Waals surface area contributed by atoms with Crippen LogP contribution in [0, 0.1) is 12.3 Å². The maximum absolute atomic E-state index is 14.9. The van der Waals surface area contributed by atoms with E-state index in [1.54, 1.807) is 25.2 Å². The van der Waals surface area contributed by atoms with Gasteiger partial charge in [-0.1, -0.05) is 5.92 Å². The molecule has 1 fully saturated rings. The minimum Gasteiger partial charge on any atom is -0.489 e. The summed E-state index contributed by atoms with van der Waals surface area (Å²) >= 11 is 0.733. The van der Waals surface area contributed by atoms with Gasteiger partial charge in [0.05, 0.1) is 10.6 Å². The fourth-order valence-corrected chi connectivity index (χ4v) is 3.98. The van der Waals surface area contributed by atoms with E-state index < -0.39 is 31.0 Å². The Morgan fingerprint density at radius 1 is 1.57 bits per heavy atom. The molecule has 0 spiro atoms. The van der Waals surface area contributed by atoms with Gasteiger partial charge in [-0.05, 0) is 24.6 Å². The van der Waals surface area contributed by atoms with Gasteiger partial charge in [-0.25, -0.2) is 13.8 Å². The number of aromatic nitrogens is 1. The van der Waals surface area contributed by atoms with Crippen LogP contribution in [0.3, 0.4) is 0 Å². The number of primary amides is 1. The third-order valence-corrected chi connectivity index (χ3v) is 5.96. The van der Waals surface area contributed by atoms with Gasteiger partial charge in [0.25, 0.3) is 11.8 Å². The fourth-order valence-electron chi connectivity index (χ4n) is 3.00. The van der Waals surface area contributed by atoms with Crippen molar-refractivity contribution in [3.8, 4) is 29.4 Å². The van der Waals surface area contributed by atoms with Crippen molar-refractivity contribution in [1.82, 2.24) is 9.88 Å². The molecule has 2 atom stereocenters. The van der Waals surface area contributed by atoms with Crippen LogP contribution < -0.4 is 10.5 Å². The van der Waals surface area contributed by atoms with E-state index in [4.69, 9.17) is 22.0 Å². The maximum Gasteiger partial charge on any atom is 0.277 e. The SMILES string of the molecule is C#Cc1ccc2c(c1)-c1nc(C(N)=O)sc1C(F)(CF)CO2.CN1CCC(O)C1=O. The summed E-state index contributed by atoms with van der Waals surface area (Å²) in [5.74, 6) is 1.84. The summed E-state index contributed by atoms with van der Waals surface area (Å²) in [4.78, 5) is 27.5. The van der Waals surface area contributed by atoms with Gasteiger partial charge in [0.1, 0.15) is 25.1 Å². The number of nitrogens with two attached hydrogens (primary N) is 1. The number of aliphatic hydroxyl groups excluding tert-OH is 1. The lowest BCUT2D eigenvalue weighted by Crippen LogP contribution is -2.29. The van der Waals surface area contributed by atoms with E-state index in [1.165, 1.54) is 4.90 Å². The van der Waals surface area contributed by atoms with Gasteiger partial charge in [0.15, 0.2) is 5.01 Å². The monoisotopic (exact) mass is 435 g/mol. The Labute approximate surface area is 175 Å². The summed E-state index contributed by atoms with van der Waals surface area (Å²) in [6.45, 7) is -1.12. The Bertz CT molecular complexity index is 1020. The van der Waals surface area contributed by atoms with E-state index in [0.717, 1.165) is 11.3 Å². The number of ether oxygens (including phenoxy) is 1. The molecule has 2 unspecified atom stereocenters. The maximum atomic E-state index is 14.9. The van der Waals surface area contributed by atoms with Crippen LogP contribution in [-0.2, 0) is 10.5 Å². The second-order valence-corrected chi connectivity index (χ2v) is 7.87. The van der Waals surface area contributed by atoms with Crippen LogP contribution in [0.2, 0.25) is 0 Å². The molecule has 3 heterocycles. The molecule has 0 aliphatic carbocycles. The van der Waals surface area contributed by atoms with Crippen LogP contribution in [0.5, 0.6) is 5.75 Å². The van der Waals surface area contributed by atoms with Crippen molar-refractivity contribution in [3.05, 3.63) is 33.6 Å². The molecule has 10 heteroatoms. The van der Waals surface area contributed by atoms with E-state index in [2.05, 4.69) is 10.9 Å². The molecule has 1 saturated heterocycles. The molecule has 0 radical (unpaired) electrons. The Balaban J connectivity index is 0.000000269. The third-order valence-electron chi connectivity index (χ3n) is 4.71. The summed E-state index contributed by atoms with van der Waals surface area (Å²) < 4.78 is 33.5. The number of likely N-dealkylation sites (tertiary alicyclic amines) is 1. The van der Waals surface area contributed by atoms with E-state index in [1.807, 2.05) is 0 Å². The number of terminal acetylenes is 1. The second kappa shape index (κ2) is 8.38. The molecular formula is C20H19F2N3O4S. The largest absolute Gasteiger partial charge is 0.489 e. The number of rotatable bonds is 2. The summed E-state index contributed by atoms with van der Waals surface area (Å²) in [6, 6.07) is 4.78. The number of hydrogen-bond donors (Lipinski definition) is 2. The molecule has 0 saturated carbocycles. The normalized spacial score (nSPS) is 22.0. The number of halogens is 2. The second-order valence-electron chi connectivity index (χ2n) is 6.87. The molecule has 2 aliphatic heterocycles. The molecular weight excluding hydrogens is 416 g/mol. The van der Waals surface area contributed by atoms with Crippen molar-refractivity contribution in [3.63, 3.8) is 0 Å². The van der Waals surface area contributed by atoms with Crippen LogP contribution >= 0.6 is 11.3 Å². The highest BCUT2D eigenvalue weighted by molar-refractivity contribution is 7.14. The topological polar surface area (TPSA) is 106 Å². The van der Waals surface area contributed by atoms with E-state index in [-0.39, 0.29) is 21.5 Å². The van der Waals surface area contributed by atoms with Gasteiger partial charge in [-0.3, -0.25) is 9.59 Å². The highest BCUT2D eigenvalue weighted by Gasteiger charge is 2.42. The Morgan fingerprint density at radius 2 is 2.30 bits per heavy atom. The number of aliphatic hydroxyl groups is 1. The standard InChI is InChI=1S/C15H10F2N2O2S.C5H9NO2/c1-2-8-3-4-10-9(5-8)11-12(15(17,6-16)7-21-10)22-14(19-11)13(18)20;1-6-3-2-4(7)5(6)8/h1,3-5H,6-7H2,(H2,18,20);4,7H,2-3H2,1H3. The third kappa shape index (κ3) is 3.99. The smallest absolute Gasteiger partial charge is 0.277 e. The van der Waals surface area contributed by atoms with Crippen LogP contribution in [-0.4, -0.2) is 59.8 Å². The number of thiazole rings is 1. The van der Waals surface area contributed by atoms with Crippen LogP contribution in [0.1, 0.15) is 26.7 Å². The lowest BCUT2D eigenvalue weighted by atomic mass is 10.0. The number of carbonyl (C=O) groups excluding carboxylic acids is 2. The summed E-state index contributed by atoms with van der Waals surface area (Å²) in [5, 5.41) is 8.69. The zero-order chi connectivity index (χ0) is 22.1. The number of benzene rings is 1. The summed E-state index contributed by atoms with van der Waals surface area (Å²) in [5.41, 5.74) is 3.92. The lowest BCUT2D eigenvalue weighted by Gasteiger charge is -2.18. The first-order valence-electron chi connectivity index (χ1n) is 8.93. The molecule has 30 heavy (non-hydrogen) atoms. The van der Waals surface area contributed by atoms with Gasteiger partial charge >= 0.3 is 0 Å². The van der Waals surface area contributed by atoms with E-state index >= 15 is 0 Å². The summed E-state index contributed by atoms with van der Waals surface area (Å²) in [7, 11) is 1.69. The summed E-state index contributed by atoms with van der Waals surface area (Å²) in [6.07, 6.45) is 5.23. The molecule has 0 bridgehead atoms. The Kier molecular flexibility index (Phi) is 6.05. The van der Waals surface area contributed by atoms with E-state index in [9.17, 15) is 18.4 Å². The van der Waals surface area contributed by atoms with Crippen molar-refractivity contribution >= 4 is 23.2 Å². The predicted octanol–water partition coefficient (Wildman–Crippen LogP) is 1.63. The average Bonchev–Trinajstić information content (AvgIpc) is 3.29. The molecule has 1 aromatic heterocycles. The van der Waals surface area contributed by atoms with Crippen molar-refractivity contribution in [2.24, 2.45) is 5.73 Å². The van der Waals surface area contributed by atoms with Crippen LogP contribution in [0.25, 0.3) is 11.3 Å². The van der Waals surface area contributed by atoms with Gasteiger partial charge < -0.3 is 20.5 Å². The van der Waals surface area contributed by atoms with Crippen molar-refractivity contribution in [2.75, 3.05) is 26.9 Å². The number of alkyl halides is 2. The number of amides is 2. The Morgan fingerprint density at radius 3 is 2.80 bits per heavy atom. The first-order valence-corrected chi connectivity index (χ1v) is 9.74. The van der Waals surface area contributed by atoms with Crippen molar-refractivity contribution in [1.29, 1.82) is 0 Å². The fraction of sp³-hybridized carbons (Fsp3) is 0.350. The quantitative estimate of drug-likeness (QED) is 0.698. The average molecular weight is 435 g/mol. The highest BCUT2D eigenvalue weighted by atomic mass is 32.1. The molecule has 158 valence electrons. The zero-order valence-corrected chi connectivity index (χ0v) is 16.8. The van der Waals surface area contributed by atoms with Crippen LogP contribution in [0.15, 0.2) is 18.2 Å². The molecule has 1 aromatic carbocycles. The number of nitrogens with zero attached hydrogens (tertiary/aromatic N) is 2. The van der Waals surface area contributed by atoms with Gasteiger partial charge in [0.2, 0.25) is 5.67 Å². The molecule has 3 N–H and O–H groups in total. The molecule has 2 amide bonds. The van der Waals surface area contributed by atoms with E-state index in [0.29, 0.717) is 29.8 Å². The van der Waals surface area contributed by atoms with Crippen molar-refractivity contribution < 1.29 is 28.2 Å². The minimum atomic E-state index is -2.38. The van der Waals surface area contributed by atoms with Gasteiger partial charge in [-0.2, -0.15) is 0 Å². The number of carbonyl (C=O) groups is 2. The van der Waals surface area contributed by atoms with Crippen molar-refractivity contribution in [2.45, 2.75) is 18.2 Å². The van der Waals surface area contributed by atoms with Gasteiger partial charge in [0, 0.05) is 24.7 Å². The number of fused-ring (bicyclic) bond motifs is 3. The first kappa shape index (κ1) is 21.7. The molecule has 4 rings (SSSR count). The Hall–Kier alpha value is -3.03. The minimum absolute atomic E-state index is 0.0169. The first-order chi connectivity index (χ1) is 14.2. The van der Waals surface area contributed by atoms with Gasteiger partial charge in [-0.15, -0.1) is 17.8 Å². The molecule has 2 aromatic rings. The van der Waals surface area contributed by atoms with Crippen LogP contribution in [0.4, 0.5) is 8.78 Å². The molecule has 2 aliphatic rings. The molecule has 7 nitrogen and oxygen atoms in total. The zero-order valence-electron chi connectivity index (χ0n) is 16.0.